The van der Waals surface area contributed by atoms with E-state index in [9.17, 15) is 9.90 Å². The molecule has 3 aromatic rings. The molecular weight excluding hydrogens is 354 g/mol. The minimum absolute atomic E-state index is 0.160. The molecule has 0 fully saturated rings. The Morgan fingerprint density at radius 2 is 2.00 bits per heavy atom. The maximum Gasteiger partial charge on any atom is 0.262 e. The number of benzene rings is 1. The average Bonchev–Trinajstić information content (AvgIpc) is 2.87. The van der Waals surface area contributed by atoms with Crippen molar-refractivity contribution in [2.45, 2.75) is 6.92 Å². The van der Waals surface area contributed by atoms with Crippen LogP contribution < -0.4 is 5.56 Å². The molecule has 0 unspecified atom stereocenters. The summed E-state index contributed by atoms with van der Waals surface area (Å²) in [6, 6.07) is 7.09. The van der Waals surface area contributed by atoms with E-state index in [1.807, 2.05) is 6.92 Å². The maximum absolute atomic E-state index is 12.2. The second kappa shape index (κ2) is 5.42. The lowest BCUT2D eigenvalue weighted by molar-refractivity contribution is 0.454. The molecule has 2 aromatic heterocycles. The lowest BCUT2D eigenvalue weighted by Gasteiger charge is -2.05. The van der Waals surface area contributed by atoms with Crippen molar-refractivity contribution in [2.75, 3.05) is 0 Å². The Labute approximate surface area is 132 Å². The van der Waals surface area contributed by atoms with Crippen LogP contribution in [0, 0.1) is 6.92 Å². The Bertz CT molecular complexity index is 855. The van der Waals surface area contributed by atoms with Gasteiger partial charge in [-0.15, -0.1) is 11.3 Å². The number of aromatic nitrogens is 3. The summed E-state index contributed by atoms with van der Waals surface area (Å²) in [6.45, 7) is 1.86. The van der Waals surface area contributed by atoms with Gasteiger partial charge in [-0.1, -0.05) is 28.1 Å². The Morgan fingerprint density at radius 1 is 1.29 bits per heavy atom. The van der Waals surface area contributed by atoms with Crippen LogP contribution in [-0.4, -0.2) is 20.1 Å². The zero-order valence-corrected chi connectivity index (χ0v) is 13.3. The average molecular weight is 364 g/mol. The fraction of sp³-hybridized carbons (Fsp3) is 0.0714. The molecule has 0 aliphatic carbocycles. The summed E-state index contributed by atoms with van der Waals surface area (Å²) in [5, 5.41) is 11.0. The van der Waals surface area contributed by atoms with Crippen LogP contribution in [0.2, 0.25) is 0 Å². The monoisotopic (exact) mass is 363 g/mol. The number of aromatic amines is 1. The predicted molar refractivity (Wildman–Crippen MR) is 85.5 cm³/mol. The number of thiazole rings is 1. The summed E-state index contributed by atoms with van der Waals surface area (Å²) in [5.74, 6) is 0.0334. The molecule has 0 spiro atoms. The van der Waals surface area contributed by atoms with Gasteiger partial charge in [0.2, 0.25) is 5.88 Å². The largest absolute Gasteiger partial charge is 0.493 e. The van der Waals surface area contributed by atoms with E-state index in [1.165, 1.54) is 11.3 Å². The molecule has 0 aliphatic rings. The molecule has 0 radical (unpaired) electrons. The molecule has 2 heterocycles. The summed E-state index contributed by atoms with van der Waals surface area (Å²) in [4.78, 5) is 23.8. The highest BCUT2D eigenvalue weighted by molar-refractivity contribution is 9.10. The number of nitrogens with zero attached hydrogens (tertiary/aromatic N) is 2. The Kier molecular flexibility index (Phi) is 3.60. The highest BCUT2D eigenvalue weighted by Crippen LogP contribution is 2.28. The summed E-state index contributed by atoms with van der Waals surface area (Å²) in [6.07, 6.45) is 1.62. The highest BCUT2D eigenvalue weighted by atomic mass is 79.9. The van der Waals surface area contributed by atoms with Gasteiger partial charge in [0.1, 0.15) is 5.56 Å². The van der Waals surface area contributed by atoms with Gasteiger partial charge >= 0.3 is 0 Å². The van der Waals surface area contributed by atoms with Gasteiger partial charge in [-0.3, -0.25) is 4.79 Å². The number of halogens is 1. The summed E-state index contributed by atoms with van der Waals surface area (Å²) >= 11 is 4.73. The van der Waals surface area contributed by atoms with Gasteiger partial charge in [-0.05, 0) is 24.6 Å². The number of aromatic hydroxyl groups is 1. The quantitative estimate of drug-likeness (QED) is 0.731. The van der Waals surface area contributed by atoms with Gasteiger partial charge in [-0.25, -0.2) is 4.98 Å². The standard InChI is InChI=1S/C14H10BrN3O2S/c1-7-16-6-10(21-7)12-17-13(19)11(14(20)18-12)8-2-4-9(15)5-3-8/h2-6H,1H3,(H2,17,18,19,20). The van der Waals surface area contributed by atoms with Crippen LogP contribution in [0.3, 0.4) is 0 Å². The van der Waals surface area contributed by atoms with E-state index in [0.717, 1.165) is 9.48 Å². The van der Waals surface area contributed by atoms with Crippen LogP contribution in [0.25, 0.3) is 21.8 Å². The van der Waals surface area contributed by atoms with E-state index in [0.29, 0.717) is 16.3 Å². The van der Waals surface area contributed by atoms with Gasteiger partial charge in [-0.2, -0.15) is 4.98 Å². The van der Waals surface area contributed by atoms with E-state index in [1.54, 1.807) is 30.5 Å². The lowest BCUT2D eigenvalue weighted by atomic mass is 10.1. The minimum atomic E-state index is -0.383. The molecule has 1 aromatic carbocycles. The summed E-state index contributed by atoms with van der Waals surface area (Å²) in [7, 11) is 0. The van der Waals surface area contributed by atoms with Crippen molar-refractivity contribution >= 4 is 27.3 Å². The number of H-pyrrole nitrogens is 1. The van der Waals surface area contributed by atoms with E-state index in [-0.39, 0.29) is 17.0 Å². The first-order valence-corrected chi connectivity index (χ1v) is 7.67. The number of hydrogen-bond acceptors (Lipinski definition) is 5. The van der Waals surface area contributed by atoms with Crippen molar-refractivity contribution in [3.05, 3.63) is 50.3 Å². The topological polar surface area (TPSA) is 78.9 Å². The molecule has 0 bridgehead atoms. The molecule has 5 nitrogen and oxygen atoms in total. The number of nitrogens with one attached hydrogen (secondary N) is 1. The molecule has 0 amide bonds. The van der Waals surface area contributed by atoms with E-state index >= 15 is 0 Å². The molecule has 21 heavy (non-hydrogen) atoms. The van der Waals surface area contributed by atoms with E-state index in [2.05, 4.69) is 30.9 Å². The third-order valence-corrected chi connectivity index (χ3v) is 4.34. The zero-order valence-electron chi connectivity index (χ0n) is 10.9. The first kappa shape index (κ1) is 14.0. The van der Waals surface area contributed by atoms with Crippen molar-refractivity contribution in [1.29, 1.82) is 0 Å². The second-order valence-electron chi connectivity index (χ2n) is 4.36. The molecule has 0 saturated heterocycles. The van der Waals surface area contributed by atoms with Crippen molar-refractivity contribution in [2.24, 2.45) is 0 Å². The number of rotatable bonds is 2. The van der Waals surface area contributed by atoms with E-state index < -0.39 is 0 Å². The van der Waals surface area contributed by atoms with Crippen molar-refractivity contribution in [3.8, 4) is 27.7 Å². The SMILES string of the molecule is Cc1ncc(-c2nc(O)c(-c3ccc(Br)cc3)c(=O)[nH]2)s1. The van der Waals surface area contributed by atoms with Crippen LogP contribution in [-0.2, 0) is 0 Å². The fourth-order valence-corrected chi connectivity index (χ4v) is 2.91. The van der Waals surface area contributed by atoms with Gasteiger partial charge < -0.3 is 10.1 Å². The summed E-state index contributed by atoms with van der Waals surface area (Å²) < 4.78 is 0.895. The maximum atomic E-state index is 12.2. The van der Waals surface area contributed by atoms with Gasteiger partial charge in [0.25, 0.3) is 5.56 Å². The Hall–Kier alpha value is -1.99. The second-order valence-corrected chi connectivity index (χ2v) is 6.51. The van der Waals surface area contributed by atoms with Crippen LogP contribution in [0.15, 0.2) is 39.7 Å². The Morgan fingerprint density at radius 3 is 2.57 bits per heavy atom. The molecular formula is C14H10BrN3O2S. The highest BCUT2D eigenvalue weighted by Gasteiger charge is 2.14. The molecule has 7 heteroatoms. The van der Waals surface area contributed by atoms with Gasteiger partial charge in [0.15, 0.2) is 5.82 Å². The number of hydrogen-bond donors (Lipinski definition) is 2. The molecule has 3 rings (SSSR count). The first-order chi connectivity index (χ1) is 10.0. The first-order valence-electron chi connectivity index (χ1n) is 6.06. The van der Waals surface area contributed by atoms with Crippen LogP contribution >= 0.6 is 27.3 Å². The molecule has 0 aliphatic heterocycles. The molecule has 2 N–H and O–H groups in total. The number of aryl methyl sites for hydroxylation is 1. The van der Waals surface area contributed by atoms with Gasteiger partial charge in [0, 0.05) is 10.7 Å². The van der Waals surface area contributed by atoms with Crippen molar-refractivity contribution < 1.29 is 5.11 Å². The van der Waals surface area contributed by atoms with Crippen LogP contribution in [0.4, 0.5) is 0 Å². The van der Waals surface area contributed by atoms with Crippen LogP contribution in [0.1, 0.15) is 5.01 Å². The normalized spacial score (nSPS) is 10.8. The van der Waals surface area contributed by atoms with Gasteiger partial charge in [0.05, 0.1) is 9.88 Å². The van der Waals surface area contributed by atoms with Crippen molar-refractivity contribution in [3.63, 3.8) is 0 Å². The van der Waals surface area contributed by atoms with Crippen molar-refractivity contribution in [1.82, 2.24) is 15.0 Å². The van der Waals surface area contributed by atoms with E-state index in [4.69, 9.17) is 0 Å². The molecule has 0 saturated carbocycles. The lowest BCUT2D eigenvalue weighted by Crippen LogP contribution is -2.11. The smallest absolute Gasteiger partial charge is 0.262 e. The fourth-order valence-electron chi connectivity index (χ4n) is 1.93. The van der Waals surface area contributed by atoms with Crippen LogP contribution in [0.5, 0.6) is 5.88 Å². The summed E-state index contributed by atoms with van der Waals surface area (Å²) in [5.41, 5.74) is 0.384. The zero-order chi connectivity index (χ0) is 15.0. The molecule has 106 valence electrons. The third kappa shape index (κ3) is 2.74. The molecule has 0 atom stereocenters. The predicted octanol–water partition coefficient (Wildman–Crippen LogP) is 3.34. The minimum Gasteiger partial charge on any atom is -0.493 e. The Balaban J connectivity index is 2.12. The third-order valence-electron chi connectivity index (χ3n) is 2.89.